The Morgan fingerprint density at radius 3 is 1.85 bits per heavy atom. The SMILES string of the molecule is CCO/N=C(\C(=O)NC1C(=O)N2C(C(=O)OC(c3ccccc3)c3ccccc3)=C(CI)CSC12)c1csc(NC(c2ccccc2)(c2ccccc2)c2ccccc2)n1. The number of β-lactam (4-membered cyclic amide) rings is 1. The van der Waals surface area contributed by atoms with Crippen LogP contribution in [0.25, 0.3) is 0 Å². The summed E-state index contributed by atoms with van der Waals surface area (Å²) in [6.07, 6.45) is -0.684. The van der Waals surface area contributed by atoms with Crippen LogP contribution < -0.4 is 10.6 Å². The van der Waals surface area contributed by atoms with Crippen LogP contribution in [-0.4, -0.2) is 61.6 Å². The molecule has 10 nitrogen and oxygen atoms in total. The Bertz CT molecular complexity index is 2370. The number of benzene rings is 5. The second-order valence-corrected chi connectivity index (χ2v) is 16.6. The highest BCUT2D eigenvalue weighted by Gasteiger charge is 2.55. The van der Waals surface area contributed by atoms with Gasteiger partial charge in [-0.1, -0.05) is 179 Å². The van der Waals surface area contributed by atoms with E-state index in [0.717, 1.165) is 33.4 Å². The van der Waals surface area contributed by atoms with E-state index in [2.05, 4.69) is 74.8 Å². The first-order valence-electron chi connectivity index (χ1n) is 19.4. The Hall–Kier alpha value is -5.77. The summed E-state index contributed by atoms with van der Waals surface area (Å²) in [5.74, 6) is -1.15. The van der Waals surface area contributed by atoms with Gasteiger partial charge in [0.1, 0.15) is 35.0 Å². The second kappa shape index (κ2) is 18.7. The molecule has 0 spiro atoms. The maximum atomic E-state index is 14.2. The Morgan fingerprint density at radius 1 is 0.833 bits per heavy atom. The highest BCUT2D eigenvalue weighted by atomic mass is 127. The summed E-state index contributed by atoms with van der Waals surface area (Å²) in [6.45, 7) is 1.98. The molecule has 0 saturated carbocycles. The van der Waals surface area contributed by atoms with Gasteiger partial charge in [0, 0.05) is 15.6 Å². The van der Waals surface area contributed by atoms with Gasteiger partial charge >= 0.3 is 5.97 Å². The molecule has 2 N–H and O–H groups in total. The quantitative estimate of drug-likeness (QED) is 0.0200. The molecule has 2 amide bonds. The van der Waals surface area contributed by atoms with Crippen LogP contribution in [-0.2, 0) is 29.5 Å². The lowest BCUT2D eigenvalue weighted by molar-refractivity contribution is -0.154. The van der Waals surface area contributed by atoms with Crippen molar-refractivity contribution in [3.8, 4) is 0 Å². The molecule has 0 bridgehead atoms. The van der Waals surface area contributed by atoms with E-state index in [1.165, 1.54) is 28.0 Å². The third-order valence-electron chi connectivity index (χ3n) is 10.3. The number of fused-ring (bicyclic) bond motifs is 1. The summed E-state index contributed by atoms with van der Waals surface area (Å²) in [7, 11) is 0. The number of halogens is 1. The number of carbonyl (C=O) groups excluding carboxylic acids is 3. The number of amides is 2. The minimum Gasteiger partial charge on any atom is -0.448 e. The van der Waals surface area contributed by atoms with Crippen LogP contribution in [0.3, 0.4) is 0 Å². The van der Waals surface area contributed by atoms with E-state index >= 15 is 0 Å². The standard InChI is InChI=1S/C47H40IN5O5S2/c1-2-57-52-38(37-30-60-46(49-37)51-47(34-22-12-5-13-23-34,35-24-14-6-15-25-35)36-26-16-7-17-27-36)42(54)50-39-43(55)53-40(33(28-48)29-59-44(39)53)45(56)58-41(31-18-8-3-9-19-31)32-20-10-4-11-21-32/h3-27,30,39,41,44H,2,28-29H2,1H3,(H,49,51)(H,50,54)/b52-38-. The number of hydrogen-bond acceptors (Lipinski definition) is 10. The Kier molecular flexibility index (Phi) is 12.7. The van der Waals surface area contributed by atoms with E-state index in [1.54, 1.807) is 12.3 Å². The zero-order valence-corrected chi connectivity index (χ0v) is 36.2. The molecule has 2 unspecified atom stereocenters. The molecule has 8 rings (SSSR count). The van der Waals surface area contributed by atoms with Crippen LogP contribution in [0.2, 0.25) is 0 Å². The van der Waals surface area contributed by atoms with Crippen molar-refractivity contribution < 1.29 is 24.0 Å². The number of aromatic nitrogens is 1. The van der Waals surface area contributed by atoms with E-state index in [1.807, 2.05) is 115 Å². The van der Waals surface area contributed by atoms with Gasteiger partial charge in [-0.25, -0.2) is 9.78 Å². The van der Waals surface area contributed by atoms with Gasteiger partial charge in [-0.15, -0.1) is 23.1 Å². The largest absolute Gasteiger partial charge is 0.448 e. The molecular formula is C47H40IN5O5S2. The first-order valence-corrected chi connectivity index (χ1v) is 22.8. The molecule has 1 saturated heterocycles. The lowest BCUT2D eigenvalue weighted by Gasteiger charge is -2.49. The van der Waals surface area contributed by atoms with Gasteiger partial charge in [0.2, 0.25) is 0 Å². The van der Waals surface area contributed by atoms with Crippen molar-refractivity contribution in [3.05, 3.63) is 202 Å². The molecule has 2 aliphatic heterocycles. The third kappa shape index (κ3) is 8.21. The summed E-state index contributed by atoms with van der Waals surface area (Å²) in [5, 5.41) is 12.6. The van der Waals surface area contributed by atoms with E-state index in [4.69, 9.17) is 14.6 Å². The molecule has 302 valence electrons. The van der Waals surface area contributed by atoms with Gasteiger partial charge in [-0.05, 0) is 40.3 Å². The number of carbonyl (C=O) groups is 3. The maximum absolute atomic E-state index is 14.2. The molecule has 2 atom stereocenters. The van der Waals surface area contributed by atoms with Crippen molar-refractivity contribution in [2.75, 3.05) is 22.1 Å². The van der Waals surface area contributed by atoms with Crippen LogP contribution >= 0.6 is 45.7 Å². The fraction of sp³-hybridized carbons (Fsp3) is 0.170. The van der Waals surface area contributed by atoms with Gasteiger partial charge in [-0.2, -0.15) is 0 Å². The second-order valence-electron chi connectivity index (χ2n) is 13.9. The Labute approximate surface area is 370 Å². The molecule has 0 radical (unpaired) electrons. The number of oxime groups is 1. The number of esters is 1. The van der Waals surface area contributed by atoms with Crippen molar-refractivity contribution in [3.63, 3.8) is 0 Å². The lowest BCUT2D eigenvalue weighted by Crippen LogP contribution is -2.71. The predicted octanol–water partition coefficient (Wildman–Crippen LogP) is 8.71. The van der Waals surface area contributed by atoms with Gasteiger partial charge < -0.3 is 20.2 Å². The van der Waals surface area contributed by atoms with E-state index < -0.39 is 40.8 Å². The fourth-order valence-electron chi connectivity index (χ4n) is 7.45. The number of thiazole rings is 1. The number of ether oxygens (including phenoxy) is 1. The molecular weight excluding hydrogens is 906 g/mol. The van der Waals surface area contributed by atoms with E-state index in [-0.39, 0.29) is 23.7 Å². The minimum atomic E-state index is -0.926. The molecule has 1 aromatic heterocycles. The Morgan fingerprint density at radius 2 is 1.35 bits per heavy atom. The summed E-state index contributed by atoms with van der Waals surface area (Å²) in [5.41, 5.74) is 4.98. The van der Waals surface area contributed by atoms with Crippen molar-refractivity contribution in [1.82, 2.24) is 15.2 Å². The summed E-state index contributed by atoms with van der Waals surface area (Å²) in [6, 6.07) is 48.6. The summed E-state index contributed by atoms with van der Waals surface area (Å²) < 4.78 is 6.76. The number of hydrogen-bond donors (Lipinski definition) is 2. The number of thioether (sulfide) groups is 1. The monoisotopic (exact) mass is 945 g/mol. The van der Waals surface area contributed by atoms with Crippen molar-refractivity contribution in [1.29, 1.82) is 0 Å². The number of rotatable bonds is 15. The predicted molar refractivity (Wildman–Crippen MR) is 245 cm³/mol. The highest BCUT2D eigenvalue weighted by molar-refractivity contribution is 14.1. The maximum Gasteiger partial charge on any atom is 0.356 e. The lowest BCUT2D eigenvalue weighted by atomic mass is 9.77. The van der Waals surface area contributed by atoms with Crippen LogP contribution in [0, 0.1) is 0 Å². The summed E-state index contributed by atoms with van der Waals surface area (Å²) >= 11 is 5.02. The zero-order valence-electron chi connectivity index (χ0n) is 32.4. The molecule has 5 aromatic carbocycles. The fourth-order valence-corrected chi connectivity index (χ4v) is 10.5. The van der Waals surface area contributed by atoms with Gasteiger partial charge in [0.25, 0.3) is 11.8 Å². The number of alkyl halides is 1. The first kappa shape index (κ1) is 41.0. The van der Waals surface area contributed by atoms with Crippen molar-refractivity contribution >= 4 is 74.3 Å². The van der Waals surface area contributed by atoms with Crippen LogP contribution in [0.15, 0.2) is 173 Å². The molecule has 0 aliphatic carbocycles. The van der Waals surface area contributed by atoms with Gasteiger partial charge in [0.15, 0.2) is 16.9 Å². The number of anilines is 1. The molecule has 1 fully saturated rings. The average molecular weight is 946 g/mol. The smallest absolute Gasteiger partial charge is 0.356 e. The molecule has 3 heterocycles. The zero-order chi connectivity index (χ0) is 41.5. The minimum absolute atomic E-state index is 0.0744. The average Bonchev–Trinajstić information content (AvgIpc) is 3.77. The van der Waals surface area contributed by atoms with Crippen LogP contribution in [0.1, 0.15) is 46.5 Å². The van der Waals surface area contributed by atoms with Gasteiger partial charge in [0.05, 0.1) is 0 Å². The molecule has 2 aliphatic rings. The molecule has 6 aromatic rings. The van der Waals surface area contributed by atoms with Crippen molar-refractivity contribution in [2.24, 2.45) is 5.16 Å². The molecule has 13 heteroatoms. The third-order valence-corrected chi connectivity index (χ3v) is 13.3. The van der Waals surface area contributed by atoms with E-state index in [9.17, 15) is 14.4 Å². The summed E-state index contributed by atoms with van der Waals surface area (Å²) in [4.78, 5) is 54.1. The van der Waals surface area contributed by atoms with E-state index in [0.29, 0.717) is 15.3 Å². The first-order chi connectivity index (χ1) is 29.4. The van der Waals surface area contributed by atoms with Crippen LogP contribution in [0.5, 0.6) is 0 Å². The van der Waals surface area contributed by atoms with Gasteiger partial charge in [-0.3, -0.25) is 14.5 Å². The topological polar surface area (TPSA) is 122 Å². The van der Waals surface area contributed by atoms with Crippen LogP contribution in [0.4, 0.5) is 5.13 Å². The number of nitrogens with zero attached hydrogens (tertiary/aromatic N) is 3. The molecule has 60 heavy (non-hydrogen) atoms. The highest BCUT2D eigenvalue weighted by Crippen LogP contribution is 2.43. The van der Waals surface area contributed by atoms with Crippen molar-refractivity contribution in [2.45, 2.75) is 30.0 Å². The normalized spacial score (nSPS) is 16.5. The Balaban J connectivity index is 1.04. The number of nitrogens with one attached hydrogen (secondary N) is 2.